The van der Waals surface area contributed by atoms with E-state index in [9.17, 15) is 0 Å². The van der Waals surface area contributed by atoms with Gasteiger partial charge >= 0.3 is 0 Å². The van der Waals surface area contributed by atoms with E-state index < -0.39 is 0 Å². The number of fused-ring (bicyclic) bond motifs is 1. The molecule has 0 atom stereocenters. The van der Waals surface area contributed by atoms with Gasteiger partial charge in [0.1, 0.15) is 5.69 Å². The summed E-state index contributed by atoms with van der Waals surface area (Å²) in [6.07, 6.45) is 9.22. The highest BCUT2D eigenvalue weighted by atomic mass is 15.1. The summed E-state index contributed by atoms with van der Waals surface area (Å²) in [5.41, 5.74) is 11.5. The number of rotatable bonds is 4. The third kappa shape index (κ3) is 3.48. The predicted molar refractivity (Wildman–Crippen MR) is 106 cm³/mol. The van der Waals surface area contributed by atoms with Crippen LogP contribution < -0.4 is 5.73 Å². The lowest BCUT2D eigenvalue weighted by Gasteiger charge is -2.19. The third-order valence-corrected chi connectivity index (χ3v) is 5.10. The monoisotopic (exact) mass is 347 g/mol. The molecule has 3 aromatic rings. The number of nitrogens with zero attached hydrogens (tertiary/aromatic N) is 3. The molecule has 1 aliphatic heterocycles. The number of nitrogens with one attached hydrogen (secondary N) is 1. The molecule has 3 N–H and O–H groups in total. The molecule has 3 heterocycles. The molecule has 1 aliphatic rings. The minimum atomic E-state index is 0.474. The van der Waals surface area contributed by atoms with Gasteiger partial charge in [-0.05, 0) is 55.3 Å². The molecule has 134 valence electrons. The van der Waals surface area contributed by atoms with Gasteiger partial charge in [0.25, 0.3) is 0 Å². The van der Waals surface area contributed by atoms with Gasteiger partial charge < -0.3 is 5.73 Å². The molecular weight excluding hydrogens is 322 g/mol. The summed E-state index contributed by atoms with van der Waals surface area (Å²) < 4.78 is 0. The lowest BCUT2D eigenvalue weighted by Crippen LogP contribution is -2.24. The van der Waals surface area contributed by atoms with Crippen LogP contribution in [-0.2, 0) is 6.54 Å². The van der Waals surface area contributed by atoms with Crippen LogP contribution in [0.5, 0.6) is 0 Å². The van der Waals surface area contributed by atoms with Crippen molar-refractivity contribution in [1.29, 1.82) is 0 Å². The molecular formula is C21H25N5. The predicted octanol–water partition coefficient (Wildman–Crippen LogP) is 3.93. The Hall–Kier alpha value is -2.66. The number of likely N-dealkylation sites (tertiary alicyclic amines) is 1. The van der Waals surface area contributed by atoms with Gasteiger partial charge in [-0.1, -0.05) is 25.5 Å². The summed E-state index contributed by atoms with van der Waals surface area (Å²) in [6, 6.07) is 8.48. The molecule has 1 fully saturated rings. The maximum absolute atomic E-state index is 5.86. The molecule has 0 aliphatic carbocycles. The van der Waals surface area contributed by atoms with Crippen LogP contribution in [0.25, 0.3) is 27.7 Å². The Balaban J connectivity index is 1.62. The van der Waals surface area contributed by atoms with Crippen LogP contribution in [0.2, 0.25) is 0 Å². The van der Waals surface area contributed by atoms with Crippen molar-refractivity contribution in [3.05, 3.63) is 54.5 Å². The number of aromatic amines is 1. The summed E-state index contributed by atoms with van der Waals surface area (Å²) in [4.78, 5) is 7.03. The smallest absolute Gasteiger partial charge is 0.115 e. The molecule has 5 nitrogen and oxygen atoms in total. The molecule has 1 aromatic carbocycles. The van der Waals surface area contributed by atoms with Gasteiger partial charge in [0, 0.05) is 29.9 Å². The van der Waals surface area contributed by atoms with Gasteiger partial charge in [-0.2, -0.15) is 5.10 Å². The van der Waals surface area contributed by atoms with Gasteiger partial charge in [-0.15, -0.1) is 0 Å². The van der Waals surface area contributed by atoms with E-state index in [1.54, 1.807) is 0 Å². The van der Waals surface area contributed by atoms with Gasteiger partial charge in [0.2, 0.25) is 0 Å². The number of hydrogen-bond acceptors (Lipinski definition) is 4. The Morgan fingerprint density at radius 3 is 2.65 bits per heavy atom. The van der Waals surface area contributed by atoms with Crippen molar-refractivity contribution in [2.75, 3.05) is 13.1 Å². The van der Waals surface area contributed by atoms with Crippen molar-refractivity contribution >= 4 is 16.6 Å². The lowest BCUT2D eigenvalue weighted by molar-refractivity contribution is 0.277. The molecule has 0 unspecified atom stereocenters. The summed E-state index contributed by atoms with van der Waals surface area (Å²) in [7, 11) is 0. The minimum absolute atomic E-state index is 0.474. The van der Waals surface area contributed by atoms with Crippen molar-refractivity contribution in [2.45, 2.75) is 32.2 Å². The Labute approximate surface area is 153 Å². The number of nitrogens with two attached hydrogens (primary N) is 1. The fourth-order valence-electron chi connectivity index (χ4n) is 3.72. The summed E-state index contributed by atoms with van der Waals surface area (Å²) >= 11 is 0. The van der Waals surface area contributed by atoms with E-state index in [0.717, 1.165) is 34.3 Å². The molecule has 1 saturated heterocycles. The Morgan fingerprint density at radius 1 is 1.08 bits per heavy atom. The van der Waals surface area contributed by atoms with Crippen molar-refractivity contribution in [2.24, 2.45) is 5.73 Å². The number of H-pyrrole nitrogens is 1. The van der Waals surface area contributed by atoms with Gasteiger partial charge in [-0.3, -0.25) is 15.0 Å². The topological polar surface area (TPSA) is 70.8 Å². The highest BCUT2D eigenvalue weighted by Crippen LogP contribution is 2.27. The molecule has 26 heavy (non-hydrogen) atoms. The largest absolute Gasteiger partial charge is 0.397 e. The first-order chi connectivity index (χ1) is 12.7. The van der Waals surface area contributed by atoms with Crippen molar-refractivity contribution < 1.29 is 0 Å². The first-order valence-electron chi connectivity index (χ1n) is 9.30. The van der Waals surface area contributed by atoms with E-state index in [1.165, 1.54) is 44.3 Å². The lowest BCUT2D eigenvalue weighted by atomic mass is 10.0. The van der Waals surface area contributed by atoms with E-state index in [2.05, 4.69) is 44.9 Å². The van der Waals surface area contributed by atoms with Crippen LogP contribution in [-0.4, -0.2) is 33.2 Å². The van der Waals surface area contributed by atoms with Crippen LogP contribution in [0.3, 0.4) is 0 Å². The van der Waals surface area contributed by atoms with E-state index in [4.69, 9.17) is 5.73 Å². The zero-order valence-corrected chi connectivity index (χ0v) is 15.0. The van der Waals surface area contributed by atoms with Crippen molar-refractivity contribution in [1.82, 2.24) is 20.1 Å². The van der Waals surface area contributed by atoms with Crippen molar-refractivity contribution in [3.63, 3.8) is 0 Å². The molecule has 5 heteroatoms. The number of benzene rings is 1. The first kappa shape index (κ1) is 16.8. The molecule has 0 saturated carbocycles. The Bertz CT molecular complexity index is 919. The second-order valence-corrected chi connectivity index (χ2v) is 7.13. The minimum Gasteiger partial charge on any atom is -0.397 e. The van der Waals surface area contributed by atoms with E-state index >= 15 is 0 Å². The third-order valence-electron chi connectivity index (χ3n) is 5.10. The zero-order chi connectivity index (χ0) is 17.9. The SMILES string of the molecule is C=C(N)c1n[nH]c2ccc(-c3cncc(CN4CCCCCC4)c3)cc12. The molecule has 0 amide bonds. The molecule has 4 rings (SSSR count). The van der Waals surface area contributed by atoms with Crippen LogP contribution in [0.4, 0.5) is 0 Å². The summed E-state index contributed by atoms with van der Waals surface area (Å²) in [5, 5.41) is 8.26. The number of hydrogen-bond donors (Lipinski definition) is 2. The van der Waals surface area contributed by atoms with E-state index in [-0.39, 0.29) is 0 Å². The molecule has 0 radical (unpaired) electrons. The van der Waals surface area contributed by atoms with E-state index in [1.807, 2.05) is 18.5 Å². The van der Waals surface area contributed by atoms with Crippen LogP contribution in [0, 0.1) is 0 Å². The standard InChI is InChI=1S/C21H25N5/c1-15(22)21-19-11-17(6-7-20(19)24-25-21)18-10-16(12-23-13-18)14-26-8-4-2-3-5-9-26/h6-7,10-13H,1-5,8-9,14,22H2,(H,24,25). The fraction of sp³-hybridized carbons (Fsp3) is 0.333. The summed E-state index contributed by atoms with van der Waals surface area (Å²) in [5.74, 6) is 0. The van der Waals surface area contributed by atoms with Gasteiger partial charge in [-0.25, -0.2) is 0 Å². The number of aromatic nitrogens is 3. The number of pyridine rings is 1. The van der Waals surface area contributed by atoms with Crippen LogP contribution >= 0.6 is 0 Å². The molecule has 0 bridgehead atoms. The van der Waals surface area contributed by atoms with E-state index in [0.29, 0.717) is 5.70 Å². The maximum Gasteiger partial charge on any atom is 0.115 e. The summed E-state index contributed by atoms with van der Waals surface area (Å²) in [6.45, 7) is 7.16. The van der Waals surface area contributed by atoms with Crippen molar-refractivity contribution in [3.8, 4) is 11.1 Å². The van der Waals surface area contributed by atoms with Gasteiger partial charge in [0.05, 0.1) is 11.2 Å². The average Bonchev–Trinajstić information content (AvgIpc) is 2.91. The Kier molecular flexibility index (Phi) is 4.71. The second kappa shape index (κ2) is 7.30. The second-order valence-electron chi connectivity index (χ2n) is 7.13. The average molecular weight is 347 g/mol. The first-order valence-corrected chi connectivity index (χ1v) is 9.30. The molecule has 2 aromatic heterocycles. The highest BCUT2D eigenvalue weighted by molar-refractivity contribution is 5.92. The fourth-order valence-corrected chi connectivity index (χ4v) is 3.72. The Morgan fingerprint density at radius 2 is 1.88 bits per heavy atom. The van der Waals surface area contributed by atoms with Gasteiger partial charge in [0.15, 0.2) is 0 Å². The zero-order valence-electron chi connectivity index (χ0n) is 15.0. The highest BCUT2D eigenvalue weighted by Gasteiger charge is 2.12. The maximum atomic E-state index is 5.86. The normalized spacial score (nSPS) is 15.8. The van der Waals surface area contributed by atoms with Crippen LogP contribution in [0.1, 0.15) is 36.9 Å². The molecule has 0 spiro atoms. The van der Waals surface area contributed by atoms with Crippen LogP contribution in [0.15, 0.2) is 43.2 Å². The quantitative estimate of drug-likeness (QED) is 0.750.